The molecule has 1 aliphatic rings. The van der Waals surface area contributed by atoms with Crippen LogP contribution in [0.4, 0.5) is 0 Å². The molecule has 3 heteroatoms. The molecule has 1 nitrogen and oxygen atoms in total. The summed E-state index contributed by atoms with van der Waals surface area (Å²) in [5.74, 6) is 0. The van der Waals surface area contributed by atoms with E-state index >= 15 is 0 Å². The molecule has 0 aliphatic carbocycles. The van der Waals surface area contributed by atoms with Gasteiger partial charge in [0.05, 0.1) is 5.54 Å². The van der Waals surface area contributed by atoms with Crippen molar-refractivity contribution in [2.75, 3.05) is 13.1 Å². The first kappa shape index (κ1) is 25.1. The van der Waals surface area contributed by atoms with Gasteiger partial charge in [0.15, 0.2) is 0 Å². The summed E-state index contributed by atoms with van der Waals surface area (Å²) >= 11 is 4.04. The maximum atomic E-state index is 2.74. The van der Waals surface area contributed by atoms with Crippen LogP contribution in [0.2, 0.25) is 0 Å². The van der Waals surface area contributed by atoms with Gasteiger partial charge in [0, 0.05) is 33.4 Å². The van der Waals surface area contributed by atoms with Gasteiger partial charge in [0.2, 0.25) is 0 Å². The number of thioether (sulfide) groups is 2. The van der Waals surface area contributed by atoms with Gasteiger partial charge < -0.3 is 0 Å². The van der Waals surface area contributed by atoms with E-state index in [1.54, 1.807) is 0 Å². The summed E-state index contributed by atoms with van der Waals surface area (Å²) in [6.07, 6.45) is 0. The van der Waals surface area contributed by atoms with E-state index < -0.39 is 0 Å². The summed E-state index contributed by atoms with van der Waals surface area (Å²) in [6.45, 7) is 1.98. The van der Waals surface area contributed by atoms with Crippen molar-refractivity contribution in [2.45, 2.75) is 25.8 Å². The molecule has 6 rings (SSSR count). The van der Waals surface area contributed by atoms with Crippen LogP contribution < -0.4 is 0 Å². The van der Waals surface area contributed by atoms with Crippen LogP contribution in [0.25, 0.3) is 0 Å². The number of benzene rings is 5. The lowest BCUT2D eigenvalue weighted by Crippen LogP contribution is -2.47. The summed E-state index contributed by atoms with van der Waals surface area (Å²) in [6, 6.07) is 55.0. The molecule has 1 fully saturated rings. The second-order valence-electron chi connectivity index (χ2n) is 9.65. The van der Waals surface area contributed by atoms with Gasteiger partial charge in [0.1, 0.15) is 0 Å². The summed E-state index contributed by atoms with van der Waals surface area (Å²) in [4.78, 5) is 5.42. The van der Waals surface area contributed by atoms with Gasteiger partial charge in [-0.15, -0.1) is 23.5 Å². The van der Waals surface area contributed by atoms with Crippen LogP contribution in [0.15, 0.2) is 161 Å². The van der Waals surface area contributed by atoms with Crippen molar-refractivity contribution in [3.8, 4) is 0 Å². The summed E-state index contributed by atoms with van der Waals surface area (Å²) < 4.78 is 0. The highest BCUT2D eigenvalue weighted by atomic mass is 32.2. The maximum Gasteiger partial charge on any atom is 0.0973 e. The lowest BCUT2D eigenvalue weighted by Gasteiger charge is -2.44. The summed E-state index contributed by atoms with van der Waals surface area (Å²) in [5, 5.41) is 0.885. The molecule has 1 aliphatic heterocycles. The van der Waals surface area contributed by atoms with Crippen molar-refractivity contribution in [3.63, 3.8) is 0 Å². The first-order valence-electron chi connectivity index (χ1n) is 13.2. The largest absolute Gasteiger partial charge is 0.284 e. The Morgan fingerprint density at radius 2 is 0.711 bits per heavy atom. The quantitative estimate of drug-likeness (QED) is 0.185. The molecule has 0 saturated carbocycles. The number of likely N-dealkylation sites (tertiary alicyclic amines) is 1. The second-order valence-corrected chi connectivity index (χ2v) is 12.3. The molecule has 5 aromatic rings. The summed E-state index contributed by atoms with van der Waals surface area (Å²) in [7, 11) is 0. The van der Waals surface area contributed by atoms with Crippen LogP contribution in [0, 0.1) is 0 Å². The highest BCUT2D eigenvalue weighted by Gasteiger charge is 2.48. The molecule has 0 unspecified atom stereocenters. The van der Waals surface area contributed by atoms with E-state index in [9.17, 15) is 0 Å². The monoisotopic (exact) mass is 529 g/mol. The van der Waals surface area contributed by atoms with Gasteiger partial charge in [0.25, 0.3) is 0 Å². The zero-order valence-electron chi connectivity index (χ0n) is 21.3. The standard InChI is InChI=1S/C35H31NS2/c1-6-16-28(17-7-1)35(29-18-8-2-9-19-29,30-20-10-3-11-21-30)36-26-33(37-31-22-12-4-13-23-31)34(27-36)38-32-24-14-5-15-25-32/h1-25,33-34H,26-27H2/t33-,34-/m1/s1. The molecule has 38 heavy (non-hydrogen) atoms. The fourth-order valence-electron chi connectivity index (χ4n) is 5.68. The third kappa shape index (κ3) is 5.07. The van der Waals surface area contributed by atoms with Crippen LogP contribution in [0.5, 0.6) is 0 Å². The number of nitrogens with zero attached hydrogens (tertiary/aromatic N) is 1. The number of hydrogen-bond donors (Lipinski definition) is 0. The molecule has 1 saturated heterocycles. The SMILES string of the molecule is c1ccc(S[C@@H]2CN(C(c3ccccc3)(c3ccccc3)c3ccccc3)C[C@H]2Sc2ccccc2)cc1. The van der Waals surface area contributed by atoms with Gasteiger partial charge in [-0.05, 0) is 41.0 Å². The van der Waals surface area contributed by atoms with E-state index in [1.165, 1.54) is 26.5 Å². The first-order chi connectivity index (χ1) is 18.8. The fourth-order valence-corrected chi connectivity index (χ4v) is 8.32. The highest BCUT2D eigenvalue weighted by molar-refractivity contribution is 8.04. The second kappa shape index (κ2) is 11.7. The predicted octanol–water partition coefficient (Wildman–Crippen LogP) is 8.62. The molecule has 0 aromatic heterocycles. The Bertz CT molecular complexity index is 1260. The molecule has 5 aromatic carbocycles. The third-order valence-corrected chi connectivity index (χ3v) is 10.1. The van der Waals surface area contributed by atoms with Crippen LogP contribution in [-0.4, -0.2) is 28.5 Å². The Kier molecular flexibility index (Phi) is 7.69. The van der Waals surface area contributed by atoms with E-state index in [-0.39, 0.29) is 5.54 Å². The molecular formula is C35H31NS2. The Morgan fingerprint density at radius 3 is 1.03 bits per heavy atom. The first-order valence-corrected chi connectivity index (χ1v) is 14.9. The Morgan fingerprint density at radius 1 is 0.421 bits per heavy atom. The van der Waals surface area contributed by atoms with Gasteiger partial charge in [-0.2, -0.15) is 0 Å². The van der Waals surface area contributed by atoms with E-state index in [0.717, 1.165) is 13.1 Å². The van der Waals surface area contributed by atoms with Crippen molar-refractivity contribution in [1.82, 2.24) is 4.90 Å². The van der Waals surface area contributed by atoms with E-state index in [2.05, 4.69) is 157 Å². The smallest absolute Gasteiger partial charge is 0.0973 e. The Balaban J connectivity index is 1.48. The predicted molar refractivity (Wildman–Crippen MR) is 163 cm³/mol. The van der Waals surface area contributed by atoms with Crippen molar-refractivity contribution in [1.29, 1.82) is 0 Å². The summed E-state index contributed by atoms with van der Waals surface area (Å²) in [5.41, 5.74) is 3.55. The topological polar surface area (TPSA) is 3.24 Å². The van der Waals surface area contributed by atoms with Crippen molar-refractivity contribution < 1.29 is 0 Å². The molecular weight excluding hydrogens is 499 g/mol. The lowest BCUT2D eigenvalue weighted by atomic mass is 9.75. The minimum atomic E-state index is -0.384. The molecule has 0 N–H and O–H groups in total. The van der Waals surface area contributed by atoms with Gasteiger partial charge in [-0.3, -0.25) is 4.90 Å². The minimum Gasteiger partial charge on any atom is -0.284 e. The minimum absolute atomic E-state index is 0.384. The lowest BCUT2D eigenvalue weighted by molar-refractivity contribution is 0.200. The van der Waals surface area contributed by atoms with Gasteiger partial charge >= 0.3 is 0 Å². The van der Waals surface area contributed by atoms with Crippen molar-refractivity contribution in [3.05, 3.63) is 168 Å². The van der Waals surface area contributed by atoms with Gasteiger partial charge in [-0.1, -0.05) is 127 Å². The maximum absolute atomic E-state index is 2.74. The van der Waals surface area contributed by atoms with E-state index in [0.29, 0.717) is 10.5 Å². The Labute approximate surface area is 234 Å². The average Bonchev–Trinajstić information content (AvgIpc) is 3.38. The van der Waals surface area contributed by atoms with Crippen LogP contribution in [0.3, 0.4) is 0 Å². The average molecular weight is 530 g/mol. The molecule has 0 amide bonds. The van der Waals surface area contributed by atoms with Crippen LogP contribution >= 0.6 is 23.5 Å². The molecule has 1 heterocycles. The molecule has 0 bridgehead atoms. The fraction of sp³-hybridized carbons (Fsp3) is 0.143. The Hall–Kier alpha value is -3.24. The number of hydrogen-bond acceptors (Lipinski definition) is 3. The molecule has 2 atom stereocenters. The van der Waals surface area contributed by atoms with Crippen LogP contribution in [-0.2, 0) is 5.54 Å². The normalized spacial score (nSPS) is 17.9. The van der Waals surface area contributed by atoms with E-state index in [4.69, 9.17) is 0 Å². The zero-order valence-corrected chi connectivity index (χ0v) is 22.9. The highest BCUT2D eigenvalue weighted by Crippen LogP contribution is 2.48. The molecule has 0 radical (unpaired) electrons. The van der Waals surface area contributed by atoms with Crippen molar-refractivity contribution in [2.24, 2.45) is 0 Å². The molecule has 0 spiro atoms. The zero-order chi connectivity index (χ0) is 25.6. The third-order valence-electron chi connectivity index (χ3n) is 7.33. The molecule has 188 valence electrons. The number of rotatable bonds is 8. The van der Waals surface area contributed by atoms with Gasteiger partial charge in [-0.25, -0.2) is 0 Å². The van der Waals surface area contributed by atoms with Crippen LogP contribution in [0.1, 0.15) is 16.7 Å². The van der Waals surface area contributed by atoms with Crippen molar-refractivity contribution >= 4 is 23.5 Å². The van der Waals surface area contributed by atoms with E-state index in [1.807, 2.05) is 23.5 Å².